The van der Waals surface area contributed by atoms with Crippen LogP contribution in [0.2, 0.25) is 0 Å². The number of esters is 1. The SMILES string of the molecule is CCOC(=O)[C@]1(C)[NH2+][C@@H](c2ccc(C)cc2)[C@H]2C(=O)N(C)C(=O)[C@H]21. The summed E-state index contributed by atoms with van der Waals surface area (Å²) in [6.45, 7) is 5.68. The molecule has 4 atom stereocenters. The average Bonchev–Trinajstić information content (AvgIpc) is 2.99. The van der Waals surface area contributed by atoms with Crippen LogP contribution in [0.25, 0.3) is 0 Å². The van der Waals surface area contributed by atoms with E-state index in [-0.39, 0.29) is 24.5 Å². The number of quaternary nitrogens is 1. The summed E-state index contributed by atoms with van der Waals surface area (Å²) in [6.07, 6.45) is 0. The maximum Gasteiger partial charge on any atom is 0.368 e. The van der Waals surface area contributed by atoms with E-state index in [1.54, 1.807) is 13.8 Å². The quantitative estimate of drug-likeness (QED) is 0.632. The Kier molecular flexibility index (Phi) is 3.95. The molecule has 1 aromatic carbocycles. The third-order valence-electron chi connectivity index (χ3n) is 5.31. The summed E-state index contributed by atoms with van der Waals surface area (Å²) in [5.74, 6) is -2.20. The average molecular weight is 331 g/mol. The van der Waals surface area contributed by atoms with E-state index in [1.165, 1.54) is 7.05 Å². The highest BCUT2D eigenvalue weighted by atomic mass is 16.5. The number of ether oxygens (including phenoxy) is 1. The molecule has 0 aliphatic carbocycles. The number of fused-ring (bicyclic) bond motifs is 1. The number of carbonyl (C=O) groups is 3. The van der Waals surface area contributed by atoms with Crippen LogP contribution in [0.15, 0.2) is 24.3 Å². The largest absolute Gasteiger partial charge is 0.461 e. The second kappa shape index (κ2) is 5.70. The lowest BCUT2D eigenvalue weighted by Gasteiger charge is -2.25. The van der Waals surface area contributed by atoms with Gasteiger partial charge in [-0.2, -0.15) is 0 Å². The molecule has 128 valence electrons. The lowest BCUT2D eigenvalue weighted by Crippen LogP contribution is -2.97. The summed E-state index contributed by atoms with van der Waals surface area (Å²) in [4.78, 5) is 39.0. The highest BCUT2D eigenvalue weighted by Gasteiger charge is 2.70. The molecule has 0 unspecified atom stereocenters. The van der Waals surface area contributed by atoms with E-state index in [9.17, 15) is 14.4 Å². The molecular weight excluding hydrogens is 308 g/mol. The van der Waals surface area contributed by atoms with Crippen LogP contribution in [-0.4, -0.2) is 41.9 Å². The van der Waals surface area contributed by atoms with Crippen molar-refractivity contribution in [2.24, 2.45) is 11.8 Å². The van der Waals surface area contributed by atoms with E-state index >= 15 is 0 Å². The first-order valence-corrected chi connectivity index (χ1v) is 8.22. The Labute approximate surface area is 141 Å². The molecule has 1 aromatic rings. The number of imide groups is 1. The van der Waals surface area contributed by atoms with Crippen molar-refractivity contribution in [2.75, 3.05) is 13.7 Å². The second-order valence-electron chi connectivity index (χ2n) is 6.85. The van der Waals surface area contributed by atoms with Crippen LogP contribution >= 0.6 is 0 Å². The molecular formula is C18H23N2O4+. The minimum Gasteiger partial charge on any atom is -0.461 e. The Bertz CT molecular complexity index is 699. The first-order chi connectivity index (χ1) is 11.3. The summed E-state index contributed by atoms with van der Waals surface area (Å²) < 4.78 is 5.21. The number of carbonyl (C=O) groups excluding carboxylic acids is 3. The van der Waals surface area contributed by atoms with E-state index in [0.29, 0.717) is 0 Å². The third-order valence-corrected chi connectivity index (χ3v) is 5.31. The van der Waals surface area contributed by atoms with Gasteiger partial charge in [0, 0.05) is 19.5 Å². The Balaban J connectivity index is 2.06. The molecule has 6 heteroatoms. The van der Waals surface area contributed by atoms with E-state index in [0.717, 1.165) is 16.0 Å². The monoisotopic (exact) mass is 331 g/mol. The molecule has 2 heterocycles. The van der Waals surface area contributed by atoms with Gasteiger partial charge in [-0.1, -0.05) is 29.8 Å². The van der Waals surface area contributed by atoms with Gasteiger partial charge in [-0.15, -0.1) is 0 Å². The first kappa shape index (κ1) is 16.6. The summed E-state index contributed by atoms with van der Waals surface area (Å²) in [5.41, 5.74) is 0.973. The van der Waals surface area contributed by atoms with Crippen LogP contribution in [0, 0.1) is 18.8 Å². The van der Waals surface area contributed by atoms with Crippen LogP contribution < -0.4 is 5.32 Å². The van der Waals surface area contributed by atoms with Crippen molar-refractivity contribution < 1.29 is 24.4 Å². The fraction of sp³-hybridized carbons (Fsp3) is 0.500. The van der Waals surface area contributed by atoms with Crippen molar-refractivity contribution in [3.63, 3.8) is 0 Å². The number of hydrogen-bond acceptors (Lipinski definition) is 4. The third kappa shape index (κ3) is 2.24. The fourth-order valence-corrected chi connectivity index (χ4v) is 3.98. The number of nitrogens with two attached hydrogens (primary N) is 1. The minimum atomic E-state index is -1.09. The van der Waals surface area contributed by atoms with E-state index < -0.39 is 23.3 Å². The molecule has 2 saturated heterocycles. The first-order valence-electron chi connectivity index (χ1n) is 8.22. The van der Waals surface area contributed by atoms with Crippen LogP contribution in [0.5, 0.6) is 0 Å². The topological polar surface area (TPSA) is 80.3 Å². The van der Waals surface area contributed by atoms with Crippen molar-refractivity contribution in [1.82, 2.24) is 4.90 Å². The van der Waals surface area contributed by atoms with Gasteiger partial charge in [0.1, 0.15) is 17.9 Å². The lowest BCUT2D eigenvalue weighted by atomic mass is 9.80. The summed E-state index contributed by atoms with van der Waals surface area (Å²) in [5, 5.41) is 1.84. The maximum atomic E-state index is 12.6. The minimum absolute atomic E-state index is 0.222. The molecule has 0 saturated carbocycles. The van der Waals surface area contributed by atoms with Crippen LogP contribution in [0.3, 0.4) is 0 Å². The number of aryl methyl sites for hydroxylation is 1. The predicted octanol–water partition coefficient (Wildman–Crippen LogP) is 0.166. The van der Waals surface area contributed by atoms with Gasteiger partial charge in [0.15, 0.2) is 0 Å². The highest BCUT2D eigenvalue weighted by molar-refractivity contribution is 6.08. The van der Waals surface area contributed by atoms with Crippen molar-refractivity contribution >= 4 is 17.8 Å². The molecule has 0 aromatic heterocycles. The molecule has 0 bridgehead atoms. The normalized spacial score (nSPS) is 32.2. The van der Waals surface area contributed by atoms with Gasteiger partial charge in [0.25, 0.3) is 0 Å². The second-order valence-corrected chi connectivity index (χ2v) is 6.85. The Morgan fingerprint density at radius 2 is 1.88 bits per heavy atom. The smallest absolute Gasteiger partial charge is 0.368 e. The zero-order valence-electron chi connectivity index (χ0n) is 14.4. The number of likely N-dealkylation sites (tertiary alicyclic amines) is 1. The number of hydrogen-bond donors (Lipinski definition) is 1. The van der Waals surface area contributed by atoms with Gasteiger partial charge in [0.05, 0.1) is 6.61 Å². The van der Waals surface area contributed by atoms with Crippen molar-refractivity contribution in [3.8, 4) is 0 Å². The molecule has 2 N–H and O–H groups in total. The number of nitrogens with zero attached hydrogens (tertiary/aromatic N) is 1. The Hall–Kier alpha value is -2.21. The summed E-state index contributed by atoms with van der Waals surface area (Å²) >= 11 is 0. The molecule has 2 aliphatic rings. The highest BCUT2D eigenvalue weighted by Crippen LogP contribution is 2.43. The number of rotatable bonds is 3. The molecule has 0 radical (unpaired) electrons. The van der Waals surface area contributed by atoms with Gasteiger partial charge in [-0.25, -0.2) is 4.79 Å². The van der Waals surface area contributed by atoms with Gasteiger partial charge in [-0.3, -0.25) is 14.5 Å². The van der Waals surface area contributed by atoms with Crippen molar-refractivity contribution in [1.29, 1.82) is 0 Å². The molecule has 3 rings (SSSR count). The standard InChI is InChI=1S/C18H22N2O4/c1-5-24-17(23)18(3)13-12(15(21)20(4)16(13)22)14(19-18)11-8-6-10(2)7-9-11/h6-9,12-14,19H,5H2,1-4H3/p+1/t12-,13-,14-,18+/m0/s1. The molecule has 6 nitrogen and oxygen atoms in total. The van der Waals surface area contributed by atoms with E-state index in [2.05, 4.69) is 0 Å². The van der Waals surface area contributed by atoms with E-state index in [4.69, 9.17) is 4.74 Å². The summed E-state index contributed by atoms with van der Waals surface area (Å²) in [6, 6.07) is 7.60. The van der Waals surface area contributed by atoms with Gasteiger partial charge >= 0.3 is 5.97 Å². The van der Waals surface area contributed by atoms with Crippen LogP contribution in [-0.2, 0) is 19.1 Å². The van der Waals surface area contributed by atoms with Gasteiger partial charge in [0.2, 0.25) is 17.4 Å². The number of amides is 2. The molecule has 2 aliphatic heterocycles. The lowest BCUT2D eigenvalue weighted by molar-refractivity contribution is -0.731. The zero-order chi connectivity index (χ0) is 17.6. The van der Waals surface area contributed by atoms with E-state index in [1.807, 2.05) is 36.5 Å². The zero-order valence-corrected chi connectivity index (χ0v) is 14.4. The number of benzene rings is 1. The van der Waals surface area contributed by atoms with Crippen LogP contribution in [0.1, 0.15) is 31.0 Å². The predicted molar refractivity (Wildman–Crippen MR) is 85.6 cm³/mol. The van der Waals surface area contributed by atoms with Crippen LogP contribution in [0.4, 0.5) is 0 Å². The molecule has 2 amide bonds. The van der Waals surface area contributed by atoms with Gasteiger partial charge in [-0.05, 0) is 13.8 Å². The summed E-state index contributed by atoms with van der Waals surface area (Å²) in [7, 11) is 1.49. The van der Waals surface area contributed by atoms with Gasteiger partial charge < -0.3 is 10.1 Å². The fourth-order valence-electron chi connectivity index (χ4n) is 3.98. The molecule has 0 spiro atoms. The van der Waals surface area contributed by atoms with Crippen molar-refractivity contribution in [3.05, 3.63) is 35.4 Å². The molecule has 24 heavy (non-hydrogen) atoms. The Morgan fingerprint density at radius 3 is 2.46 bits per heavy atom. The van der Waals surface area contributed by atoms with Crippen molar-refractivity contribution in [2.45, 2.75) is 32.4 Å². The molecule has 2 fully saturated rings. The Morgan fingerprint density at radius 1 is 1.25 bits per heavy atom. The maximum absolute atomic E-state index is 12.6.